The molecule has 2 aliphatic rings. The predicted octanol–water partition coefficient (Wildman–Crippen LogP) is 4.50. The van der Waals surface area contributed by atoms with Crippen molar-refractivity contribution in [3.05, 3.63) is 33.8 Å². The van der Waals surface area contributed by atoms with Crippen molar-refractivity contribution in [1.82, 2.24) is 0 Å². The number of hydrogen-bond donors (Lipinski definition) is 1. The first-order valence-corrected chi connectivity index (χ1v) is 8.55. The van der Waals surface area contributed by atoms with E-state index in [1.54, 1.807) is 0 Å². The van der Waals surface area contributed by atoms with Crippen LogP contribution < -0.4 is 5.73 Å². The highest BCUT2D eigenvalue weighted by Gasteiger charge is 2.41. The zero-order valence-corrected chi connectivity index (χ0v) is 13.8. The molecule has 0 bridgehead atoms. The fraction of sp³-hybridized carbons (Fsp3) is 0.647. The minimum Gasteiger partial charge on any atom is -0.375 e. The summed E-state index contributed by atoms with van der Waals surface area (Å²) in [6.07, 6.45) is 7.31. The third-order valence-electron chi connectivity index (χ3n) is 5.06. The summed E-state index contributed by atoms with van der Waals surface area (Å²) in [4.78, 5) is 0. The predicted molar refractivity (Wildman–Crippen MR) is 85.7 cm³/mol. The van der Waals surface area contributed by atoms with Crippen molar-refractivity contribution in [3.8, 4) is 0 Å². The van der Waals surface area contributed by atoms with Crippen LogP contribution >= 0.6 is 15.9 Å². The molecule has 1 saturated carbocycles. The van der Waals surface area contributed by atoms with Gasteiger partial charge in [0.15, 0.2) is 0 Å². The molecule has 110 valence electrons. The number of aryl methyl sites for hydroxylation is 1. The molecular formula is C17H24BrNO. The molecule has 1 aliphatic carbocycles. The van der Waals surface area contributed by atoms with E-state index in [9.17, 15) is 0 Å². The Kier molecular flexibility index (Phi) is 4.21. The van der Waals surface area contributed by atoms with Gasteiger partial charge in [0.25, 0.3) is 0 Å². The maximum atomic E-state index is 6.60. The van der Waals surface area contributed by atoms with Gasteiger partial charge in [0.1, 0.15) is 0 Å². The summed E-state index contributed by atoms with van der Waals surface area (Å²) in [6, 6.07) is 6.59. The molecule has 1 aromatic carbocycles. The molecule has 2 unspecified atom stereocenters. The van der Waals surface area contributed by atoms with Gasteiger partial charge in [-0.3, -0.25) is 0 Å². The number of nitrogens with two attached hydrogens (primary N) is 1. The molecule has 2 nitrogen and oxygen atoms in total. The lowest BCUT2D eigenvalue weighted by molar-refractivity contribution is -0.0964. The van der Waals surface area contributed by atoms with Crippen molar-refractivity contribution in [2.45, 2.75) is 57.1 Å². The van der Waals surface area contributed by atoms with E-state index >= 15 is 0 Å². The lowest BCUT2D eigenvalue weighted by Crippen LogP contribution is -2.40. The van der Waals surface area contributed by atoms with Crippen LogP contribution in [0, 0.1) is 12.8 Å². The molecule has 1 heterocycles. The Hall–Kier alpha value is -0.380. The zero-order chi connectivity index (χ0) is 14.2. The van der Waals surface area contributed by atoms with E-state index in [0.717, 1.165) is 23.9 Å². The number of ether oxygens (including phenoxy) is 1. The molecule has 1 spiro atoms. The fourth-order valence-corrected chi connectivity index (χ4v) is 4.42. The Balaban J connectivity index is 1.79. The average Bonchev–Trinajstić information content (AvgIpc) is 2.88. The summed E-state index contributed by atoms with van der Waals surface area (Å²) in [5, 5.41) is 0. The molecule has 2 fully saturated rings. The number of halogens is 1. The van der Waals surface area contributed by atoms with E-state index in [-0.39, 0.29) is 11.6 Å². The molecule has 0 amide bonds. The molecule has 3 rings (SSSR count). The highest BCUT2D eigenvalue weighted by atomic mass is 79.9. The van der Waals surface area contributed by atoms with E-state index in [2.05, 4.69) is 41.1 Å². The van der Waals surface area contributed by atoms with Gasteiger partial charge in [-0.1, -0.05) is 46.5 Å². The minimum atomic E-state index is 0.116. The van der Waals surface area contributed by atoms with E-state index < -0.39 is 0 Å². The van der Waals surface area contributed by atoms with Crippen LogP contribution in [-0.2, 0) is 4.74 Å². The molecule has 1 aliphatic heterocycles. The molecule has 1 aromatic rings. The van der Waals surface area contributed by atoms with Crippen LogP contribution in [0.3, 0.4) is 0 Å². The summed E-state index contributed by atoms with van der Waals surface area (Å²) >= 11 is 3.66. The monoisotopic (exact) mass is 337 g/mol. The first-order chi connectivity index (χ1) is 9.60. The van der Waals surface area contributed by atoms with Crippen LogP contribution in [0.1, 0.15) is 55.7 Å². The first kappa shape index (κ1) is 14.6. The Bertz CT molecular complexity index is 482. The summed E-state index contributed by atoms with van der Waals surface area (Å²) in [7, 11) is 0. The van der Waals surface area contributed by atoms with Gasteiger partial charge in [0, 0.05) is 17.1 Å². The highest BCUT2D eigenvalue weighted by Crippen LogP contribution is 2.45. The van der Waals surface area contributed by atoms with Gasteiger partial charge in [0.2, 0.25) is 0 Å². The second-order valence-electron chi connectivity index (χ2n) is 6.54. The smallest absolute Gasteiger partial charge is 0.0685 e. The Morgan fingerprint density at radius 2 is 2.10 bits per heavy atom. The third-order valence-corrected chi connectivity index (χ3v) is 5.79. The van der Waals surface area contributed by atoms with Gasteiger partial charge in [-0.15, -0.1) is 0 Å². The van der Waals surface area contributed by atoms with E-state index in [1.807, 2.05) is 0 Å². The SMILES string of the molecule is Cc1ccc(Br)c(C(N)C2CCOC3(CCCC3)C2)c1. The van der Waals surface area contributed by atoms with Crippen LogP contribution in [0.5, 0.6) is 0 Å². The lowest BCUT2D eigenvalue weighted by atomic mass is 9.79. The third kappa shape index (κ3) is 2.81. The maximum Gasteiger partial charge on any atom is 0.0685 e. The van der Waals surface area contributed by atoms with E-state index in [4.69, 9.17) is 10.5 Å². The Morgan fingerprint density at radius 1 is 1.35 bits per heavy atom. The number of hydrogen-bond acceptors (Lipinski definition) is 2. The van der Waals surface area contributed by atoms with Crippen LogP contribution in [0.2, 0.25) is 0 Å². The largest absolute Gasteiger partial charge is 0.375 e. The van der Waals surface area contributed by atoms with Crippen molar-refractivity contribution >= 4 is 15.9 Å². The molecule has 0 aromatic heterocycles. The summed E-state index contributed by atoms with van der Waals surface area (Å²) in [5.74, 6) is 0.542. The minimum absolute atomic E-state index is 0.116. The standard InChI is InChI=1S/C17H24BrNO/c1-12-4-5-15(18)14(10-12)16(19)13-6-9-20-17(11-13)7-2-3-8-17/h4-5,10,13,16H,2-3,6-9,11,19H2,1H3. The molecule has 3 heteroatoms. The molecule has 0 radical (unpaired) electrons. The van der Waals surface area contributed by atoms with Crippen molar-refractivity contribution < 1.29 is 4.74 Å². The van der Waals surface area contributed by atoms with E-state index in [1.165, 1.54) is 36.8 Å². The van der Waals surface area contributed by atoms with E-state index in [0.29, 0.717) is 5.92 Å². The Morgan fingerprint density at radius 3 is 2.85 bits per heavy atom. The first-order valence-electron chi connectivity index (χ1n) is 7.75. The van der Waals surface area contributed by atoms with Crippen molar-refractivity contribution in [3.63, 3.8) is 0 Å². The van der Waals surface area contributed by atoms with Gasteiger partial charge in [-0.25, -0.2) is 0 Å². The van der Waals surface area contributed by atoms with Gasteiger partial charge >= 0.3 is 0 Å². The second-order valence-corrected chi connectivity index (χ2v) is 7.40. The summed E-state index contributed by atoms with van der Waals surface area (Å²) in [5.41, 5.74) is 9.29. The fourth-order valence-electron chi connectivity index (χ4n) is 3.91. The lowest BCUT2D eigenvalue weighted by Gasteiger charge is -2.40. The number of benzene rings is 1. The Labute approximate surface area is 130 Å². The maximum absolute atomic E-state index is 6.60. The van der Waals surface area contributed by atoms with Gasteiger partial charge in [-0.05, 0) is 50.2 Å². The van der Waals surface area contributed by atoms with Gasteiger partial charge in [0.05, 0.1) is 5.60 Å². The summed E-state index contributed by atoms with van der Waals surface area (Å²) in [6.45, 7) is 3.01. The molecule has 2 N–H and O–H groups in total. The quantitative estimate of drug-likeness (QED) is 0.862. The second kappa shape index (κ2) is 5.78. The van der Waals surface area contributed by atoms with Crippen molar-refractivity contribution in [1.29, 1.82) is 0 Å². The normalized spacial score (nSPS) is 26.9. The molecule has 2 atom stereocenters. The van der Waals surface area contributed by atoms with Crippen LogP contribution in [-0.4, -0.2) is 12.2 Å². The molecule has 20 heavy (non-hydrogen) atoms. The zero-order valence-electron chi connectivity index (χ0n) is 12.2. The number of rotatable bonds is 2. The van der Waals surface area contributed by atoms with Crippen LogP contribution in [0.4, 0.5) is 0 Å². The summed E-state index contributed by atoms with van der Waals surface area (Å²) < 4.78 is 7.27. The average molecular weight is 338 g/mol. The topological polar surface area (TPSA) is 35.2 Å². The van der Waals surface area contributed by atoms with Crippen LogP contribution in [0.15, 0.2) is 22.7 Å². The highest BCUT2D eigenvalue weighted by molar-refractivity contribution is 9.10. The van der Waals surface area contributed by atoms with Crippen LogP contribution in [0.25, 0.3) is 0 Å². The molecular weight excluding hydrogens is 314 g/mol. The van der Waals surface area contributed by atoms with Gasteiger partial charge < -0.3 is 10.5 Å². The van der Waals surface area contributed by atoms with Gasteiger partial charge in [-0.2, -0.15) is 0 Å². The molecule has 1 saturated heterocycles. The van der Waals surface area contributed by atoms with Crippen molar-refractivity contribution in [2.75, 3.05) is 6.61 Å². The van der Waals surface area contributed by atoms with Crippen molar-refractivity contribution in [2.24, 2.45) is 11.7 Å².